The molecule has 0 aromatic carbocycles. The molecule has 2 aromatic rings. The van der Waals surface area contributed by atoms with E-state index in [2.05, 4.69) is 15.1 Å². The molecular weight excluding hydrogens is 228 g/mol. The molecule has 96 valence electrons. The number of aryl methyl sites for hydroxylation is 2. The summed E-state index contributed by atoms with van der Waals surface area (Å²) in [6, 6.07) is 0. The predicted molar refractivity (Wildman–Crippen MR) is 68.0 cm³/mol. The van der Waals surface area contributed by atoms with Crippen LogP contribution in [0.2, 0.25) is 0 Å². The van der Waals surface area contributed by atoms with Crippen molar-refractivity contribution in [2.24, 2.45) is 7.05 Å². The Hall–Kier alpha value is -1.75. The van der Waals surface area contributed by atoms with E-state index in [1.165, 1.54) is 5.56 Å². The highest BCUT2D eigenvalue weighted by Gasteiger charge is 2.13. The van der Waals surface area contributed by atoms with Gasteiger partial charge in [0, 0.05) is 25.1 Å². The number of hydrogen-bond acceptors (Lipinski definition) is 4. The molecule has 2 aromatic heterocycles. The fourth-order valence-electron chi connectivity index (χ4n) is 2.09. The molecule has 2 rings (SSSR count). The zero-order chi connectivity index (χ0) is 13.1. The van der Waals surface area contributed by atoms with Gasteiger partial charge in [0.1, 0.15) is 0 Å². The van der Waals surface area contributed by atoms with Crippen molar-refractivity contribution in [3.63, 3.8) is 0 Å². The van der Waals surface area contributed by atoms with Gasteiger partial charge in [-0.3, -0.25) is 14.6 Å². The molecule has 0 saturated heterocycles. The van der Waals surface area contributed by atoms with Crippen molar-refractivity contribution in [3.8, 4) is 0 Å². The topological polar surface area (TPSA) is 63.8 Å². The number of aliphatic hydroxyl groups is 1. The van der Waals surface area contributed by atoms with Crippen LogP contribution in [-0.4, -0.2) is 24.9 Å². The molecule has 0 saturated carbocycles. The molecule has 1 N–H and O–H groups in total. The highest BCUT2D eigenvalue weighted by molar-refractivity contribution is 5.24. The van der Waals surface area contributed by atoms with Crippen LogP contribution in [0.25, 0.3) is 0 Å². The van der Waals surface area contributed by atoms with E-state index in [0.717, 1.165) is 17.8 Å². The smallest absolute Gasteiger partial charge is 0.0978 e. The molecule has 0 fully saturated rings. The third kappa shape index (κ3) is 2.56. The van der Waals surface area contributed by atoms with Crippen molar-refractivity contribution in [1.29, 1.82) is 0 Å². The molecule has 2 heterocycles. The second-order valence-electron chi connectivity index (χ2n) is 4.46. The third-order valence-electron chi connectivity index (χ3n) is 3.25. The lowest BCUT2D eigenvalue weighted by Gasteiger charge is -2.09. The van der Waals surface area contributed by atoms with Gasteiger partial charge in [-0.1, -0.05) is 0 Å². The molecular formula is C13H18N4O. The largest absolute Gasteiger partial charge is 0.387 e. The fourth-order valence-corrected chi connectivity index (χ4v) is 2.09. The highest BCUT2D eigenvalue weighted by Crippen LogP contribution is 2.20. The summed E-state index contributed by atoms with van der Waals surface area (Å²) in [5.41, 5.74) is 4.01. The molecule has 0 amide bonds. The van der Waals surface area contributed by atoms with Gasteiger partial charge in [0.25, 0.3) is 0 Å². The summed E-state index contributed by atoms with van der Waals surface area (Å²) in [6.45, 7) is 4.04. The van der Waals surface area contributed by atoms with Crippen LogP contribution in [0, 0.1) is 13.8 Å². The van der Waals surface area contributed by atoms with Gasteiger partial charge in [-0.2, -0.15) is 5.10 Å². The summed E-state index contributed by atoms with van der Waals surface area (Å²) in [7, 11) is 1.94. The Kier molecular flexibility index (Phi) is 3.72. The molecule has 5 heteroatoms. The normalized spacial score (nSPS) is 12.7. The van der Waals surface area contributed by atoms with Crippen LogP contribution in [0.4, 0.5) is 0 Å². The highest BCUT2D eigenvalue weighted by atomic mass is 16.3. The van der Waals surface area contributed by atoms with Gasteiger partial charge >= 0.3 is 0 Å². The van der Waals surface area contributed by atoms with E-state index >= 15 is 0 Å². The van der Waals surface area contributed by atoms with Crippen molar-refractivity contribution < 1.29 is 5.11 Å². The Morgan fingerprint density at radius 3 is 2.67 bits per heavy atom. The Labute approximate surface area is 107 Å². The van der Waals surface area contributed by atoms with Gasteiger partial charge in [-0.15, -0.1) is 0 Å². The van der Waals surface area contributed by atoms with Crippen molar-refractivity contribution in [2.75, 3.05) is 0 Å². The van der Waals surface area contributed by atoms with Crippen LogP contribution in [-0.2, 0) is 13.5 Å². The average Bonchev–Trinajstić information content (AvgIpc) is 2.62. The monoisotopic (exact) mass is 246 g/mol. The number of rotatable bonds is 4. The number of aliphatic hydroxyl groups excluding tert-OH is 1. The van der Waals surface area contributed by atoms with E-state index in [4.69, 9.17) is 0 Å². The predicted octanol–water partition coefficient (Wildman–Crippen LogP) is 1.49. The maximum atomic E-state index is 10.0. The summed E-state index contributed by atoms with van der Waals surface area (Å²) < 4.78 is 1.87. The summed E-state index contributed by atoms with van der Waals surface area (Å²) in [4.78, 5) is 8.07. The molecule has 0 spiro atoms. The molecule has 1 atom stereocenters. The average molecular weight is 246 g/mol. The van der Waals surface area contributed by atoms with E-state index < -0.39 is 6.10 Å². The maximum Gasteiger partial charge on any atom is 0.0978 e. The number of nitrogens with zero attached hydrogens (tertiary/aromatic N) is 4. The quantitative estimate of drug-likeness (QED) is 0.887. The zero-order valence-electron chi connectivity index (χ0n) is 11.0. The summed E-state index contributed by atoms with van der Waals surface area (Å²) in [5.74, 6) is 0. The van der Waals surface area contributed by atoms with Crippen LogP contribution in [0.5, 0.6) is 0 Å². The van der Waals surface area contributed by atoms with Crippen molar-refractivity contribution in [1.82, 2.24) is 19.7 Å². The summed E-state index contributed by atoms with van der Waals surface area (Å²) in [5, 5.41) is 14.4. The molecule has 0 aliphatic heterocycles. The Balaban J connectivity index is 2.04. The van der Waals surface area contributed by atoms with E-state index in [1.807, 2.05) is 25.6 Å². The van der Waals surface area contributed by atoms with Crippen LogP contribution >= 0.6 is 0 Å². The number of hydrogen-bond donors (Lipinski definition) is 1. The fraction of sp³-hybridized carbons (Fsp3) is 0.462. The SMILES string of the molecule is Cc1nn(C)c(C)c1CCC(O)c1cnccn1. The van der Waals surface area contributed by atoms with Crippen molar-refractivity contribution in [3.05, 3.63) is 41.2 Å². The van der Waals surface area contributed by atoms with Crippen LogP contribution in [0.15, 0.2) is 18.6 Å². The number of aromatic nitrogens is 4. The molecule has 1 unspecified atom stereocenters. The first-order valence-corrected chi connectivity index (χ1v) is 6.02. The van der Waals surface area contributed by atoms with Gasteiger partial charge in [-0.25, -0.2) is 0 Å². The van der Waals surface area contributed by atoms with Crippen LogP contribution in [0.3, 0.4) is 0 Å². The van der Waals surface area contributed by atoms with E-state index in [1.54, 1.807) is 18.6 Å². The Morgan fingerprint density at radius 1 is 1.33 bits per heavy atom. The van der Waals surface area contributed by atoms with Crippen LogP contribution < -0.4 is 0 Å². The molecule has 0 bridgehead atoms. The van der Waals surface area contributed by atoms with E-state index in [9.17, 15) is 5.11 Å². The lowest BCUT2D eigenvalue weighted by molar-refractivity contribution is 0.162. The molecule has 0 radical (unpaired) electrons. The van der Waals surface area contributed by atoms with Gasteiger partial charge in [-0.05, 0) is 32.3 Å². The third-order valence-corrected chi connectivity index (χ3v) is 3.25. The van der Waals surface area contributed by atoms with Gasteiger partial charge in [0.05, 0.1) is 23.7 Å². The minimum atomic E-state index is -0.572. The second-order valence-corrected chi connectivity index (χ2v) is 4.46. The van der Waals surface area contributed by atoms with Gasteiger partial charge in [0.15, 0.2) is 0 Å². The second kappa shape index (κ2) is 5.27. The molecule has 5 nitrogen and oxygen atoms in total. The van der Waals surface area contributed by atoms with Gasteiger partial charge in [0.2, 0.25) is 0 Å². The van der Waals surface area contributed by atoms with E-state index in [0.29, 0.717) is 12.1 Å². The van der Waals surface area contributed by atoms with Crippen molar-refractivity contribution >= 4 is 0 Å². The van der Waals surface area contributed by atoms with Crippen molar-refractivity contribution in [2.45, 2.75) is 32.8 Å². The first-order chi connectivity index (χ1) is 8.59. The Bertz CT molecular complexity index is 521. The van der Waals surface area contributed by atoms with Gasteiger partial charge < -0.3 is 5.11 Å². The standard InChI is InChI=1S/C13H18N4O/c1-9-11(10(2)17(3)16-9)4-5-13(18)12-8-14-6-7-15-12/h6-8,13,18H,4-5H2,1-3H3. The summed E-state index contributed by atoms with van der Waals surface area (Å²) in [6.07, 6.45) is 5.66. The van der Waals surface area contributed by atoms with Crippen LogP contribution in [0.1, 0.15) is 35.2 Å². The lowest BCUT2D eigenvalue weighted by atomic mass is 10.0. The lowest BCUT2D eigenvalue weighted by Crippen LogP contribution is -2.03. The minimum Gasteiger partial charge on any atom is -0.387 e. The zero-order valence-corrected chi connectivity index (χ0v) is 11.0. The molecule has 0 aliphatic rings. The first kappa shape index (κ1) is 12.7. The maximum absolute atomic E-state index is 10.0. The molecule has 18 heavy (non-hydrogen) atoms. The Morgan fingerprint density at radius 2 is 2.11 bits per heavy atom. The molecule has 0 aliphatic carbocycles. The first-order valence-electron chi connectivity index (χ1n) is 6.02. The summed E-state index contributed by atoms with van der Waals surface area (Å²) >= 11 is 0. The van der Waals surface area contributed by atoms with E-state index in [-0.39, 0.29) is 0 Å². The minimum absolute atomic E-state index is 0.572.